The van der Waals surface area contributed by atoms with Gasteiger partial charge in [-0.1, -0.05) is 6.92 Å². The van der Waals surface area contributed by atoms with E-state index in [1.54, 1.807) is 25.1 Å². The Bertz CT molecular complexity index is 1010. The maximum Gasteiger partial charge on any atom is 0.426 e. The van der Waals surface area contributed by atoms with Crippen LogP contribution in [0, 0.1) is 11.3 Å². The highest BCUT2D eigenvalue weighted by atomic mass is 16.2. The van der Waals surface area contributed by atoms with Crippen LogP contribution in [0.3, 0.4) is 0 Å². The molecule has 2 aromatic rings. The van der Waals surface area contributed by atoms with Gasteiger partial charge in [0.15, 0.2) is 6.29 Å². The van der Waals surface area contributed by atoms with E-state index in [2.05, 4.69) is 15.3 Å². The van der Waals surface area contributed by atoms with Crippen molar-refractivity contribution in [3.05, 3.63) is 46.8 Å². The summed E-state index contributed by atoms with van der Waals surface area (Å²) in [6.45, 7) is 2.26. The number of primary amides is 1. The third-order valence-electron chi connectivity index (χ3n) is 5.05. The molecular formula is C20H21N6O3+. The molecule has 3 rings (SSSR count). The van der Waals surface area contributed by atoms with Gasteiger partial charge in [-0.05, 0) is 18.6 Å². The van der Waals surface area contributed by atoms with Gasteiger partial charge >= 0.3 is 6.03 Å². The van der Waals surface area contributed by atoms with Crippen LogP contribution in [0.1, 0.15) is 46.9 Å². The van der Waals surface area contributed by atoms with Gasteiger partial charge in [0.1, 0.15) is 18.3 Å². The minimum absolute atomic E-state index is 0.136. The minimum Gasteiger partial charge on any atom is -0.352 e. The van der Waals surface area contributed by atoms with Crippen molar-refractivity contribution in [1.82, 2.24) is 19.8 Å². The van der Waals surface area contributed by atoms with Crippen molar-refractivity contribution >= 4 is 29.9 Å². The molecule has 3 N–H and O–H groups in total. The quantitative estimate of drug-likeness (QED) is 0.587. The monoisotopic (exact) mass is 393 g/mol. The molecule has 0 radical (unpaired) electrons. The van der Waals surface area contributed by atoms with Gasteiger partial charge in [0, 0.05) is 36.6 Å². The number of aryl methyl sites for hydroxylation is 1. The molecule has 0 fully saturated rings. The highest BCUT2D eigenvalue weighted by Gasteiger charge is 2.47. The van der Waals surface area contributed by atoms with E-state index in [1.165, 1.54) is 6.20 Å². The number of nitriles is 1. The van der Waals surface area contributed by atoms with E-state index in [-0.39, 0.29) is 18.1 Å². The highest BCUT2D eigenvalue weighted by molar-refractivity contribution is 5.92. The van der Waals surface area contributed by atoms with Crippen molar-refractivity contribution in [2.75, 3.05) is 6.54 Å². The zero-order valence-electron chi connectivity index (χ0n) is 16.0. The van der Waals surface area contributed by atoms with Crippen molar-refractivity contribution < 1.29 is 14.4 Å². The molecule has 0 aromatic carbocycles. The topological polar surface area (TPSA) is 139 Å². The summed E-state index contributed by atoms with van der Waals surface area (Å²) in [5, 5.41) is 11.7. The second-order valence-corrected chi connectivity index (χ2v) is 6.76. The minimum atomic E-state index is -0.667. The number of aromatic nitrogens is 2. The SMILES string of the molecule is CCC(=O)NCc1cc2c(nc1C=O)[N+](C(N)=O)(c1ccc(C#N)cn1)CCC2. The molecule has 3 amide bonds. The number of urea groups is 1. The normalized spacial score (nSPS) is 17.7. The lowest BCUT2D eigenvalue weighted by Gasteiger charge is -2.35. The number of carbonyl (C=O) groups excluding carboxylic acids is 3. The summed E-state index contributed by atoms with van der Waals surface area (Å²) in [7, 11) is 0. The maximum atomic E-state index is 12.6. The van der Waals surface area contributed by atoms with Gasteiger partial charge in [-0.3, -0.25) is 9.59 Å². The first-order valence-corrected chi connectivity index (χ1v) is 9.26. The van der Waals surface area contributed by atoms with E-state index in [1.807, 2.05) is 6.07 Å². The Kier molecular flexibility index (Phi) is 5.66. The van der Waals surface area contributed by atoms with Gasteiger partial charge in [0.25, 0.3) is 0 Å². The van der Waals surface area contributed by atoms with Crippen LogP contribution in [0.4, 0.5) is 16.4 Å². The standard InChI is InChI=1S/C20H20N6O3/c1-2-18(28)24-11-15-8-14-4-3-7-26(20(22)29,19(14)25-16(15)12-27)17-6-5-13(9-21)10-23-17/h5-6,8,10,12H,2-4,7,11H2,1H3,(H2-,22,24,28,29)/p+1. The Morgan fingerprint density at radius 3 is 2.79 bits per heavy atom. The number of nitrogens with zero attached hydrogens (tertiary/aromatic N) is 4. The van der Waals surface area contributed by atoms with Gasteiger partial charge in [-0.15, -0.1) is 4.48 Å². The molecule has 1 aliphatic rings. The van der Waals surface area contributed by atoms with E-state index in [0.717, 1.165) is 5.56 Å². The number of amides is 3. The Hall–Kier alpha value is -3.64. The Balaban J connectivity index is 2.14. The van der Waals surface area contributed by atoms with E-state index < -0.39 is 10.5 Å². The van der Waals surface area contributed by atoms with Crippen LogP contribution in [0.25, 0.3) is 0 Å². The van der Waals surface area contributed by atoms with Crippen molar-refractivity contribution in [2.45, 2.75) is 32.7 Å². The molecule has 1 aliphatic heterocycles. The fourth-order valence-electron chi connectivity index (χ4n) is 3.52. The maximum absolute atomic E-state index is 12.6. The number of carbonyl (C=O) groups is 3. The number of pyridine rings is 2. The first kappa shape index (κ1) is 20.1. The van der Waals surface area contributed by atoms with Crippen LogP contribution in [0.5, 0.6) is 0 Å². The van der Waals surface area contributed by atoms with Crippen molar-refractivity contribution in [1.29, 1.82) is 5.26 Å². The molecule has 9 heteroatoms. The van der Waals surface area contributed by atoms with Crippen LogP contribution in [0.2, 0.25) is 0 Å². The molecule has 0 bridgehead atoms. The molecule has 1 atom stereocenters. The largest absolute Gasteiger partial charge is 0.426 e. The molecule has 0 saturated heterocycles. The number of quaternary nitrogens is 1. The van der Waals surface area contributed by atoms with Crippen molar-refractivity contribution in [2.24, 2.45) is 5.73 Å². The van der Waals surface area contributed by atoms with Gasteiger partial charge in [-0.2, -0.15) is 10.2 Å². The first-order valence-electron chi connectivity index (χ1n) is 9.26. The molecule has 148 valence electrons. The molecule has 3 heterocycles. The lowest BCUT2D eigenvalue weighted by Crippen LogP contribution is -2.56. The summed E-state index contributed by atoms with van der Waals surface area (Å²) in [5.74, 6) is 0.561. The lowest BCUT2D eigenvalue weighted by atomic mass is 9.99. The summed E-state index contributed by atoms with van der Waals surface area (Å²) in [5.41, 5.74) is 7.66. The molecule has 29 heavy (non-hydrogen) atoms. The average molecular weight is 393 g/mol. The fraction of sp³-hybridized carbons (Fsp3) is 0.300. The molecule has 2 aromatic heterocycles. The number of rotatable bonds is 5. The predicted molar refractivity (Wildman–Crippen MR) is 105 cm³/mol. The molecule has 0 spiro atoms. The number of hydrogen-bond acceptors (Lipinski definition) is 6. The van der Waals surface area contributed by atoms with Crippen LogP contribution in [0.15, 0.2) is 24.4 Å². The van der Waals surface area contributed by atoms with Gasteiger partial charge in [-0.25, -0.2) is 9.78 Å². The van der Waals surface area contributed by atoms with Gasteiger partial charge in [0.05, 0.1) is 11.8 Å². The summed E-state index contributed by atoms with van der Waals surface area (Å²) in [6.07, 6.45) is 3.62. The second-order valence-electron chi connectivity index (χ2n) is 6.76. The average Bonchev–Trinajstić information content (AvgIpc) is 2.76. The Morgan fingerprint density at radius 1 is 1.41 bits per heavy atom. The zero-order chi connectivity index (χ0) is 21.0. The molecule has 0 aliphatic carbocycles. The van der Waals surface area contributed by atoms with Crippen LogP contribution >= 0.6 is 0 Å². The van der Waals surface area contributed by atoms with Crippen molar-refractivity contribution in [3.63, 3.8) is 0 Å². The van der Waals surface area contributed by atoms with E-state index in [4.69, 9.17) is 11.0 Å². The second kappa shape index (κ2) is 8.16. The summed E-state index contributed by atoms with van der Waals surface area (Å²) < 4.78 is -0.427. The summed E-state index contributed by atoms with van der Waals surface area (Å²) in [4.78, 5) is 44.7. The Morgan fingerprint density at radius 2 is 2.21 bits per heavy atom. The first-order chi connectivity index (χ1) is 14.0. The lowest BCUT2D eigenvalue weighted by molar-refractivity contribution is -0.120. The van der Waals surface area contributed by atoms with E-state index >= 15 is 0 Å². The van der Waals surface area contributed by atoms with E-state index in [9.17, 15) is 14.4 Å². The van der Waals surface area contributed by atoms with Crippen molar-refractivity contribution in [3.8, 4) is 6.07 Å². The third kappa shape index (κ3) is 3.58. The third-order valence-corrected chi connectivity index (χ3v) is 5.05. The molecule has 1 unspecified atom stereocenters. The van der Waals surface area contributed by atoms with E-state index in [0.29, 0.717) is 54.9 Å². The number of nitrogens with one attached hydrogen (secondary N) is 1. The van der Waals surface area contributed by atoms with Crippen LogP contribution in [-0.2, 0) is 17.8 Å². The fourth-order valence-corrected chi connectivity index (χ4v) is 3.52. The summed E-state index contributed by atoms with van der Waals surface area (Å²) >= 11 is 0. The highest BCUT2D eigenvalue weighted by Crippen LogP contribution is 2.39. The number of nitrogens with two attached hydrogens (primary N) is 1. The van der Waals surface area contributed by atoms with Gasteiger partial charge in [0.2, 0.25) is 17.5 Å². The molecular weight excluding hydrogens is 372 g/mol. The predicted octanol–water partition coefficient (Wildman–Crippen LogP) is 1.85. The Labute approximate surface area is 167 Å². The zero-order valence-corrected chi connectivity index (χ0v) is 16.0. The van der Waals surface area contributed by atoms with Crippen LogP contribution in [-0.4, -0.2) is 34.7 Å². The number of hydrogen-bond donors (Lipinski definition) is 2. The number of aldehydes is 1. The molecule has 0 saturated carbocycles. The van der Waals surface area contributed by atoms with Crippen LogP contribution < -0.4 is 15.5 Å². The smallest absolute Gasteiger partial charge is 0.352 e. The number of fused-ring (bicyclic) bond motifs is 1. The molecule has 9 nitrogen and oxygen atoms in total. The van der Waals surface area contributed by atoms with Gasteiger partial charge < -0.3 is 11.1 Å². The summed E-state index contributed by atoms with van der Waals surface area (Å²) in [6, 6.07) is 6.26.